The predicted octanol–water partition coefficient (Wildman–Crippen LogP) is 1.22. The minimum atomic E-state index is -0.784. The van der Waals surface area contributed by atoms with Crippen LogP contribution in [0.25, 0.3) is 0 Å². The van der Waals surface area contributed by atoms with Crippen LogP contribution in [0.15, 0.2) is 0 Å². The second kappa shape index (κ2) is 8.09. The number of likely N-dealkylation sites (tertiary alicyclic amines) is 1. The van der Waals surface area contributed by atoms with Crippen LogP contribution in [0.3, 0.4) is 0 Å². The lowest BCUT2D eigenvalue weighted by Gasteiger charge is -2.27. The van der Waals surface area contributed by atoms with Gasteiger partial charge in [-0.05, 0) is 39.3 Å². The molecule has 0 aromatic carbocycles. The highest BCUT2D eigenvalue weighted by molar-refractivity contribution is 5.74. The molecule has 0 aromatic rings. The number of aliphatic carboxylic acids is 1. The van der Waals surface area contributed by atoms with Gasteiger partial charge in [0.25, 0.3) is 0 Å². The summed E-state index contributed by atoms with van der Waals surface area (Å²) in [6, 6.07) is 0.274. The van der Waals surface area contributed by atoms with Crippen molar-refractivity contribution in [3.05, 3.63) is 0 Å². The standard InChI is InChI=1S/C14H27N3O3/c1-11(6-7-13(18)19)9-15-14(20)17-8-4-5-12(17)10-16(2)3/h11-12H,4-10H2,1-3H3,(H,15,20)(H,18,19). The number of carboxylic acids is 1. The summed E-state index contributed by atoms with van der Waals surface area (Å²) >= 11 is 0. The Kier molecular flexibility index (Phi) is 6.78. The number of hydrogen-bond acceptors (Lipinski definition) is 3. The van der Waals surface area contributed by atoms with Crippen molar-refractivity contribution in [3.8, 4) is 0 Å². The normalized spacial score (nSPS) is 20.2. The number of carbonyl (C=O) groups is 2. The fourth-order valence-corrected chi connectivity index (χ4v) is 2.55. The van der Waals surface area contributed by atoms with Gasteiger partial charge in [0.1, 0.15) is 0 Å². The smallest absolute Gasteiger partial charge is 0.317 e. The molecule has 6 heteroatoms. The van der Waals surface area contributed by atoms with Gasteiger partial charge in [-0.15, -0.1) is 0 Å². The monoisotopic (exact) mass is 285 g/mol. The summed E-state index contributed by atoms with van der Waals surface area (Å²) < 4.78 is 0. The molecule has 1 fully saturated rings. The van der Waals surface area contributed by atoms with Gasteiger partial charge in [0.15, 0.2) is 0 Å². The molecule has 0 aromatic heterocycles. The number of rotatable bonds is 7. The lowest BCUT2D eigenvalue weighted by Crippen LogP contribution is -2.47. The number of hydrogen-bond donors (Lipinski definition) is 2. The molecule has 0 aliphatic carbocycles. The first-order chi connectivity index (χ1) is 9.40. The van der Waals surface area contributed by atoms with Gasteiger partial charge in [-0.1, -0.05) is 6.92 Å². The third-order valence-electron chi connectivity index (χ3n) is 3.67. The molecule has 0 bridgehead atoms. The molecule has 6 nitrogen and oxygen atoms in total. The summed E-state index contributed by atoms with van der Waals surface area (Å²) in [5.41, 5.74) is 0. The molecule has 2 unspecified atom stereocenters. The quantitative estimate of drug-likeness (QED) is 0.738. The van der Waals surface area contributed by atoms with E-state index in [9.17, 15) is 9.59 Å². The summed E-state index contributed by atoms with van der Waals surface area (Å²) in [5, 5.41) is 11.6. The number of likely N-dealkylation sites (N-methyl/N-ethyl adjacent to an activating group) is 1. The minimum absolute atomic E-state index is 0.0171. The first-order valence-corrected chi connectivity index (χ1v) is 7.31. The molecular formula is C14H27N3O3. The van der Waals surface area contributed by atoms with Crippen LogP contribution in [-0.4, -0.2) is 66.7 Å². The molecule has 1 rings (SSSR count). The Morgan fingerprint density at radius 3 is 2.75 bits per heavy atom. The molecule has 1 heterocycles. The molecule has 2 N–H and O–H groups in total. The lowest BCUT2D eigenvalue weighted by molar-refractivity contribution is -0.137. The Labute approximate surface area is 121 Å². The van der Waals surface area contributed by atoms with Crippen molar-refractivity contribution in [3.63, 3.8) is 0 Å². The number of nitrogens with one attached hydrogen (secondary N) is 1. The lowest BCUT2D eigenvalue weighted by atomic mass is 10.1. The van der Waals surface area contributed by atoms with Crippen molar-refractivity contribution in [1.82, 2.24) is 15.1 Å². The Hall–Kier alpha value is -1.30. The number of carbonyl (C=O) groups excluding carboxylic acids is 1. The minimum Gasteiger partial charge on any atom is -0.481 e. The predicted molar refractivity (Wildman–Crippen MR) is 77.7 cm³/mol. The first-order valence-electron chi connectivity index (χ1n) is 7.31. The third-order valence-corrected chi connectivity index (χ3v) is 3.67. The maximum atomic E-state index is 12.2. The van der Waals surface area contributed by atoms with Crippen molar-refractivity contribution in [1.29, 1.82) is 0 Å². The van der Waals surface area contributed by atoms with Crippen LogP contribution in [0.5, 0.6) is 0 Å². The SMILES string of the molecule is CC(CCC(=O)O)CNC(=O)N1CCCC1CN(C)C. The second-order valence-electron chi connectivity index (χ2n) is 5.98. The topological polar surface area (TPSA) is 72.9 Å². The summed E-state index contributed by atoms with van der Waals surface area (Å²) in [4.78, 5) is 26.7. The summed E-state index contributed by atoms with van der Waals surface area (Å²) in [6.45, 7) is 4.21. The van der Waals surface area contributed by atoms with Crippen molar-refractivity contribution in [2.75, 3.05) is 33.7 Å². The third kappa shape index (κ3) is 5.77. The fourth-order valence-electron chi connectivity index (χ4n) is 2.55. The molecule has 0 saturated carbocycles. The van der Waals surface area contributed by atoms with E-state index >= 15 is 0 Å². The highest BCUT2D eigenvalue weighted by Gasteiger charge is 2.28. The van der Waals surface area contributed by atoms with Crippen LogP contribution >= 0.6 is 0 Å². The summed E-state index contributed by atoms with van der Waals surface area (Å²) in [6.07, 6.45) is 2.86. The number of nitrogens with zero attached hydrogens (tertiary/aromatic N) is 2. The van der Waals surface area contributed by atoms with E-state index in [1.165, 1.54) is 0 Å². The first kappa shape index (κ1) is 16.8. The van der Waals surface area contributed by atoms with Crippen LogP contribution in [0.4, 0.5) is 4.79 Å². The zero-order valence-electron chi connectivity index (χ0n) is 12.8. The van der Waals surface area contributed by atoms with Gasteiger partial charge in [0.05, 0.1) is 0 Å². The Bertz CT molecular complexity index is 334. The molecule has 116 valence electrons. The Balaban J connectivity index is 2.32. The maximum absolute atomic E-state index is 12.2. The molecule has 20 heavy (non-hydrogen) atoms. The Morgan fingerprint density at radius 1 is 1.45 bits per heavy atom. The van der Waals surface area contributed by atoms with Crippen LogP contribution in [0, 0.1) is 5.92 Å². The molecule has 1 aliphatic rings. The van der Waals surface area contributed by atoms with Crippen LogP contribution in [0.2, 0.25) is 0 Å². The van der Waals surface area contributed by atoms with Gasteiger partial charge in [-0.2, -0.15) is 0 Å². The average molecular weight is 285 g/mol. The van der Waals surface area contributed by atoms with E-state index in [0.717, 1.165) is 25.9 Å². The molecule has 0 radical (unpaired) electrons. The molecule has 1 saturated heterocycles. The Morgan fingerprint density at radius 2 is 2.15 bits per heavy atom. The van der Waals surface area contributed by atoms with Gasteiger partial charge in [0.2, 0.25) is 0 Å². The van der Waals surface area contributed by atoms with Crippen LogP contribution in [0.1, 0.15) is 32.6 Å². The van der Waals surface area contributed by atoms with Crippen LogP contribution < -0.4 is 5.32 Å². The van der Waals surface area contributed by atoms with Gasteiger partial charge in [-0.25, -0.2) is 4.79 Å². The van der Waals surface area contributed by atoms with Crippen molar-refractivity contribution >= 4 is 12.0 Å². The van der Waals surface area contributed by atoms with Gasteiger partial charge >= 0.3 is 12.0 Å². The largest absolute Gasteiger partial charge is 0.481 e. The molecule has 1 aliphatic heterocycles. The molecule has 2 atom stereocenters. The van der Waals surface area contributed by atoms with E-state index < -0.39 is 5.97 Å². The zero-order valence-corrected chi connectivity index (χ0v) is 12.8. The summed E-state index contributed by atoms with van der Waals surface area (Å²) in [7, 11) is 4.03. The van der Waals surface area contributed by atoms with Crippen molar-refractivity contribution in [2.24, 2.45) is 5.92 Å². The fraction of sp³-hybridized carbons (Fsp3) is 0.857. The van der Waals surface area contributed by atoms with E-state index in [4.69, 9.17) is 5.11 Å². The van der Waals surface area contributed by atoms with Crippen LogP contribution in [-0.2, 0) is 4.79 Å². The van der Waals surface area contributed by atoms with E-state index in [-0.39, 0.29) is 18.4 Å². The van der Waals surface area contributed by atoms with Crippen molar-refractivity contribution < 1.29 is 14.7 Å². The highest BCUT2D eigenvalue weighted by atomic mass is 16.4. The molecule has 0 spiro atoms. The van der Waals surface area contributed by atoms with E-state index in [0.29, 0.717) is 19.0 Å². The average Bonchev–Trinajstić information content (AvgIpc) is 2.80. The summed E-state index contributed by atoms with van der Waals surface area (Å²) in [5.74, 6) is -0.598. The number of urea groups is 1. The molecule has 2 amide bonds. The zero-order chi connectivity index (χ0) is 15.1. The van der Waals surface area contributed by atoms with Crippen molar-refractivity contribution in [2.45, 2.75) is 38.6 Å². The highest BCUT2D eigenvalue weighted by Crippen LogP contribution is 2.17. The number of carboxylic acid groups (broad SMARTS) is 1. The van der Waals surface area contributed by atoms with Gasteiger partial charge in [-0.3, -0.25) is 4.79 Å². The van der Waals surface area contributed by atoms with E-state index in [1.807, 2.05) is 25.9 Å². The molecular weight excluding hydrogens is 258 g/mol. The maximum Gasteiger partial charge on any atom is 0.317 e. The van der Waals surface area contributed by atoms with E-state index in [2.05, 4.69) is 10.2 Å². The van der Waals surface area contributed by atoms with E-state index in [1.54, 1.807) is 0 Å². The second-order valence-corrected chi connectivity index (χ2v) is 5.98. The van der Waals surface area contributed by atoms with Gasteiger partial charge < -0.3 is 20.2 Å². The van der Waals surface area contributed by atoms with Gasteiger partial charge in [0, 0.05) is 32.1 Å². The number of amides is 2.